The van der Waals surface area contributed by atoms with Crippen molar-refractivity contribution >= 4 is 33.3 Å². The first-order valence-electron chi connectivity index (χ1n) is 7.35. The Balaban J connectivity index is 2.11. The van der Waals surface area contributed by atoms with E-state index in [4.69, 9.17) is 0 Å². The molecular formula is C17H17N3O2S. The summed E-state index contributed by atoms with van der Waals surface area (Å²) in [5.41, 5.74) is 2.08. The summed E-state index contributed by atoms with van der Waals surface area (Å²) in [6.45, 7) is 3.74. The van der Waals surface area contributed by atoms with Crippen LogP contribution in [0.4, 0.5) is 5.82 Å². The third-order valence-electron chi connectivity index (χ3n) is 3.68. The second kappa shape index (κ2) is 6.34. The zero-order chi connectivity index (χ0) is 16.4. The Hall–Kier alpha value is -2.47. The zero-order valence-corrected chi connectivity index (χ0v) is 13.7. The van der Waals surface area contributed by atoms with Crippen molar-refractivity contribution in [2.75, 3.05) is 5.32 Å². The molecule has 23 heavy (non-hydrogen) atoms. The number of carboxylic acids is 1. The van der Waals surface area contributed by atoms with Gasteiger partial charge in [0.05, 0.1) is 5.39 Å². The molecule has 0 saturated heterocycles. The molecule has 0 unspecified atom stereocenters. The first kappa shape index (κ1) is 15.4. The Labute approximate surface area is 138 Å². The molecule has 1 aromatic carbocycles. The van der Waals surface area contributed by atoms with E-state index in [-0.39, 0.29) is 5.92 Å². The Kier molecular flexibility index (Phi) is 4.25. The highest BCUT2D eigenvalue weighted by atomic mass is 32.1. The van der Waals surface area contributed by atoms with E-state index >= 15 is 0 Å². The summed E-state index contributed by atoms with van der Waals surface area (Å²) in [4.78, 5) is 20.9. The van der Waals surface area contributed by atoms with Gasteiger partial charge < -0.3 is 10.4 Å². The van der Waals surface area contributed by atoms with Gasteiger partial charge in [-0.1, -0.05) is 44.2 Å². The van der Waals surface area contributed by atoms with Gasteiger partial charge in [0, 0.05) is 10.9 Å². The molecule has 0 aliphatic carbocycles. The van der Waals surface area contributed by atoms with Crippen molar-refractivity contribution in [2.45, 2.75) is 19.9 Å². The van der Waals surface area contributed by atoms with Crippen molar-refractivity contribution in [3.63, 3.8) is 0 Å². The molecule has 0 fully saturated rings. The number of carbonyl (C=O) groups is 1. The van der Waals surface area contributed by atoms with E-state index in [2.05, 4.69) is 15.3 Å². The summed E-state index contributed by atoms with van der Waals surface area (Å²) in [7, 11) is 0. The van der Waals surface area contributed by atoms with Crippen LogP contribution in [0.3, 0.4) is 0 Å². The molecule has 0 spiro atoms. The number of aliphatic carboxylic acids is 1. The lowest BCUT2D eigenvalue weighted by Gasteiger charge is -2.19. The number of rotatable bonds is 5. The standard InChI is InChI=1S/C17H17N3O2S/c1-10(2)14(17(21)22)20-15-13-12(11-6-4-3-5-7-11)8-23-16(13)19-9-18-15/h3-10,14H,1-2H3,(H,21,22)(H,18,19,20)/t14-/m0/s1. The molecule has 118 valence electrons. The number of hydrogen-bond acceptors (Lipinski definition) is 5. The van der Waals surface area contributed by atoms with E-state index in [1.807, 2.05) is 49.6 Å². The second-order valence-corrected chi connectivity index (χ2v) is 6.48. The van der Waals surface area contributed by atoms with E-state index in [0.717, 1.165) is 21.3 Å². The van der Waals surface area contributed by atoms with Crippen LogP contribution >= 0.6 is 11.3 Å². The van der Waals surface area contributed by atoms with Crippen LogP contribution in [0, 0.1) is 5.92 Å². The fourth-order valence-corrected chi connectivity index (χ4v) is 3.39. The molecule has 2 heterocycles. The van der Waals surface area contributed by atoms with E-state index < -0.39 is 12.0 Å². The van der Waals surface area contributed by atoms with Crippen LogP contribution < -0.4 is 5.32 Å². The van der Waals surface area contributed by atoms with Gasteiger partial charge in [-0.3, -0.25) is 0 Å². The summed E-state index contributed by atoms with van der Waals surface area (Å²) in [5.74, 6) is -0.379. The van der Waals surface area contributed by atoms with Gasteiger partial charge in [0.1, 0.15) is 23.0 Å². The minimum Gasteiger partial charge on any atom is -0.480 e. The van der Waals surface area contributed by atoms with Gasteiger partial charge >= 0.3 is 5.97 Å². The van der Waals surface area contributed by atoms with Crippen LogP contribution in [0.15, 0.2) is 42.0 Å². The predicted molar refractivity (Wildman–Crippen MR) is 92.7 cm³/mol. The average molecular weight is 327 g/mol. The molecular weight excluding hydrogens is 310 g/mol. The lowest BCUT2D eigenvalue weighted by molar-refractivity contribution is -0.138. The molecule has 2 N–H and O–H groups in total. The molecule has 3 rings (SSSR count). The molecule has 2 aromatic heterocycles. The molecule has 0 amide bonds. The molecule has 0 aliphatic rings. The molecule has 0 bridgehead atoms. The Morgan fingerprint density at radius 1 is 1.22 bits per heavy atom. The molecule has 0 aliphatic heterocycles. The number of nitrogens with zero attached hydrogens (tertiary/aromatic N) is 2. The van der Waals surface area contributed by atoms with E-state index in [1.165, 1.54) is 17.7 Å². The summed E-state index contributed by atoms with van der Waals surface area (Å²) in [6, 6.07) is 9.27. The van der Waals surface area contributed by atoms with Crippen LogP contribution in [0.1, 0.15) is 13.8 Å². The molecule has 0 saturated carbocycles. The third kappa shape index (κ3) is 3.03. The van der Waals surface area contributed by atoms with Gasteiger partial charge in [0.2, 0.25) is 0 Å². The number of thiophene rings is 1. The Morgan fingerprint density at radius 2 is 1.96 bits per heavy atom. The predicted octanol–water partition coefficient (Wildman–Crippen LogP) is 3.88. The maximum absolute atomic E-state index is 11.5. The molecule has 1 atom stereocenters. The molecule has 3 aromatic rings. The van der Waals surface area contributed by atoms with E-state index in [0.29, 0.717) is 5.82 Å². The summed E-state index contributed by atoms with van der Waals surface area (Å²) < 4.78 is 0. The lowest BCUT2D eigenvalue weighted by Crippen LogP contribution is -2.34. The smallest absolute Gasteiger partial charge is 0.326 e. The van der Waals surface area contributed by atoms with Gasteiger partial charge in [-0.2, -0.15) is 0 Å². The monoisotopic (exact) mass is 327 g/mol. The first-order chi connectivity index (χ1) is 11.1. The third-order valence-corrected chi connectivity index (χ3v) is 4.57. The fourth-order valence-electron chi connectivity index (χ4n) is 2.48. The average Bonchev–Trinajstić information content (AvgIpc) is 2.97. The highest BCUT2D eigenvalue weighted by Gasteiger charge is 2.23. The first-order valence-corrected chi connectivity index (χ1v) is 8.23. The van der Waals surface area contributed by atoms with Crippen LogP contribution in [-0.2, 0) is 4.79 Å². The van der Waals surface area contributed by atoms with Crippen LogP contribution in [0.2, 0.25) is 0 Å². The number of fused-ring (bicyclic) bond motifs is 1. The number of nitrogens with one attached hydrogen (secondary N) is 1. The highest BCUT2D eigenvalue weighted by molar-refractivity contribution is 7.17. The van der Waals surface area contributed by atoms with Crippen molar-refractivity contribution < 1.29 is 9.90 Å². The maximum atomic E-state index is 11.5. The number of hydrogen-bond donors (Lipinski definition) is 2. The zero-order valence-electron chi connectivity index (χ0n) is 12.9. The summed E-state index contributed by atoms with van der Waals surface area (Å²) in [6.07, 6.45) is 1.47. The lowest BCUT2D eigenvalue weighted by atomic mass is 10.0. The molecule has 5 nitrogen and oxygen atoms in total. The van der Waals surface area contributed by atoms with Crippen LogP contribution in [0.5, 0.6) is 0 Å². The normalized spacial score (nSPS) is 12.5. The topological polar surface area (TPSA) is 75.1 Å². The quantitative estimate of drug-likeness (QED) is 0.744. The largest absolute Gasteiger partial charge is 0.480 e. The molecule has 0 radical (unpaired) electrons. The number of anilines is 1. The Morgan fingerprint density at radius 3 is 2.61 bits per heavy atom. The highest BCUT2D eigenvalue weighted by Crippen LogP contribution is 2.36. The van der Waals surface area contributed by atoms with Crippen molar-refractivity contribution in [1.82, 2.24) is 9.97 Å². The van der Waals surface area contributed by atoms with Crippen molar-refractivity contribution in [1.29, 1.82) is 0 Å². The van der Waals surface area contributed by atoms with E-state index in [9.17, 15) is 9.90 Å². The van der Waals surface area contributed by atoms with Crippen LogP contribution in [0.25, 0.3) is 21.3 Å². The Bertz CT molecular complexity index is 830. The summed E-state index contributed by atoms with van der Waals surface area (Å²) >= 11 is 1.53. The number of carboxylic acid groups (broad SMARTS) is 1. The van der Waals surface area contributed by atoms with Crippen molar-refractivity contribution in [2.24, 2.45) is 5.92 Å². The van der Waals surface area contributed by atoms with Gasteiger partial charge in [0.15, 0.2) is 0 Å². The van der Waals surface area contributed by atoms with Crippen molar-refractivity contribution in [3.8, 4) is 11.1 Å². The summed E-state index contributed by atoms with van der Waals surface area (Å²) in [5, 5.41) is 15.4. The van der Waals surface area contributed by atoms with Gasteiger partial charge in [-0.15, -0.1) is 11.3 Å². The fraction of sp³-hybridized carbons (Fsp3) is 0.235. The minimum absolute atomic E-state index is 0.0590. The molecule has 6 heteroatoms. The maximum Gasteiger partial charge on any atom is 0.326 e. The SMILES string of the molecule is CC(C)[C@H](Nc1ncnc2scc(-c3ccccc3)c12)C(=O)O. The second-order valence-electron chi connectivity index (χ2n) is 5.62. The van der Waals surface area contributed by atoms with Crippen LogP contribution in [-0.4, -0.2) is 27.1 Å². The number of benzene rings is 1. The van der Waals surface area contributed by atoms with Gasteiger partial charge in [-0.25, -0.2) is 14.8 Å². The number of aromatic nitrogens is 2. The van der Waals surface area contributed by atoms with Gasteiger partial charge in [-0.05, 0) is 11.5 Å². The van der Waals surface area contributed by atoms with Crippen molar-refractivity contribution in [3.05, 3.63) is 42.0 Å². The van der Waals surface area contributed by atoms with E-state index in [1.54, 1.807) is 0 Å². The minimum atomic E-state index is -0.886. The van der Waals surface area contributed by atoms with Gasteiger partial charge in [0.25, 0.3) is 0 Å².